The van der Waals surface area contributed by atoms with Gasteiger partial charge in [0, 0.05) is 0 Å². The third-order valence-corrected chi connectivity index (χ3v) is 4.43. The maximum absolute atomic E-state index is 10.7. The summed E-state index contributed by atoms with van der Waals surface area (Å²) in [6.45, 7) is 0. The van der Waals surface area contributed by atoms with Crippen molar-refractivity contribution in [1.29, 1.82) is 0 Å². The number of aliphatic hydroxyl groups is 1. The fourth-order valence-electron chi connectivity index (χ4n) is 3.19. The minimum Gasteiger partial charge on any atom is -0.388 e. The van der Waals surface area contributed by atoms with Crippen LogP contribution in [0.3, 0.4) is 0 Å². The van der Waals surface area contributed by atoms with Gasteiger partial charge in [-0.25, -0.2) is 0 Å². The van der Waals surface area contributed by atoms with Crippen molar-refractivity contribution in [3.63, 3.8) is 0 Å². The third-order valence-electron chi connectivity index (χ3n) is 4.43. The molecule has 2 nitrogen and oxygen atoms in total. The van der Waals surface area contributed by atoms with E-state index in [0.717, 1.165) is 31.2 Å². The molecule has 3 N–H and O–H groups in total. The number of rotatable bonds is 2. The van der Waals surface area contributed by atoms with Crippen LogP contribution in [-0.2, 0) is 0 Å². The Hall–Kier alpha value is -1.38. The molecule has 1 saturated carbocycles. The van der Waals surface area contributed by atoms with Crippen molar-refractivity contribution in [3.05, 3.63) is 48.0 Å². The molecule has 2 heteroatoms. The minimum atomic E-state index is -0.722. The van der Waals surface area contributed by atoms with Crippen molar-refractivity contribution in [1.82, 2.24) is 0 Å². The molecular weight excluding hydrogens is 234 g/mol. The highest BCUT2D eigenvalue weighted by Crippen LogP contribution is 2.37. The van der Waals surface area contributed by atoms with Crippen LogP contribution < -0.4 is 5.73 Å². The van der Waals surface area contributed by atoms with Gasteiger partial charge < -0.3 is 10.8 Å². The van der Waals surface area contributed by atoms with Gasteiger partial charge >= 0.3 is 0 Å². The zero-order valence-corrected chi connectivity index (χ0v) is 11.2. The van der Waals surface area contributed by atoms with Crippen molar-refractivity contribution < 1.29 is 5.11 Å². The lowest BCUT2D eigenvalue weighted by atomic mass is 9.77. The molecule has 0 aliphatic heterocycles. The Kier molecular flexibility index (Phi) is 3.29. The molecule has 1 fully saturated rings. The second-order valence-corrected chi connectivity index (χ2v) is 5.75. The maximum Gasteiger partial charge on any atom is 0.0839 e. The highest BCUT2D eigenvalue weighted by Gasteiger charge is 2.36. The quantitative estimate of drug-likeness (QED) is 0.862. The first-order valence-corrected chi connectivity index (χ1v) is 7.16. The average Bonchev–Trinajstić information content (AvgIpc) is 2.47. The summed E-state index contributed by atoms with van der Waals surface area (Å²) in [4.78, 5) is 0. The second kappa shape index (κ2) is 4.95. The average molecular weight is 255 g/mol. The summed E-state index contributed by atoms with van der Waals surface area (Å²) >= 11 is 0. The molecule has 0 amide bonds. The van der Waals surface area contributed by atoms with Crippen LogP contribution in [0.1, 0.15) is 43.7 Å². The van der Waals surface area contributed by atoms with Crippen LogP contribution in [-0.4, -0.2) is 10.7 Å². The van der Waals surface area contributed by atoms with Gasteiger partial charge in [-0.05, 0) is 35.2 Å². The molecule has 1 unspecified atom stereocenters. The van der Waals surface area contributed by atoms with Gasteiger partial charge in [-0.3, -0.25) is 0 Å². The number of nitrogens with two attached hydrogens (primary N) is 1. The van der Waals surface area contributed by atoms with Gasteiger partial charge in [-0.1, -0.05) is 55.7 Å². The minimum absolute atomic E-state index is 0.280. The van der Waals surface area contributed by atoms with Crippen LogP contribution in [0.5, 0.6) is 0 Å². The van der Waals surface area contributed by atoms with E-state index in [-0.39, 0.29) is 6.04 Å². The van der Waals surface area contributed by atoms with Crippen LogP contribution in [0, 0.1) is 0 Å². The predicted molar refractivity (Wildman–Crippen MR) is 78.9 cm³/mol. The van der Waals surface area contributed by atoms with Crippen molar-refractivity contribution in [3.8, 4) is 0 Å². The zero-order chi connectivity index (χ0) is 13.3. The molecule has 0 radical (unpaired) electrons. The Morgan fingerprint density at radius 1 is 0.947 bits per heavy atom. The van der Waals surface area contributed by atoms with Crippen LogP contribution in [0.15, 0.2) is 42.5 Å². The molecule has 2 aromatic carbocycles. The standard InChI is InChI=1S/C17H21NO/c18-16(17(19)10-4-1-5-11-17)15-9-8-13-6-2-3-7-14(13)12-15/h2-3,6-9,12,16,19H,1,4-5,10-11,18H2. The lowest BCUT2D eigenvalue weighted by Gasteiger charge is -2.37. The maximum atomic E-state index is 10.7. The first-order chi connectivity index (χ1) is 9.19. The van der Waals surface area contributed by atoms with Crippen LogP contribution in [0.25, 0.3) is 10.8 Å². The van der Waals surface area contributed by atoms with Gasteiger partial charge in [-0.2, -0.15) is 0 Å². The van der Waals surface area contributed by atoms with Gasteiger partial charge in [0.1, 0.15) is 0 Å². The Labute approximate surface area is 114 Å². The summed E-state index contributed by atoms with van der Waals surface area (Å²) in [5, 5.41) is 13.1. The highest BCUT2D eigenvalue weighted by atomic mass is 16.3. The summed E-state index contributed by atoms with van der Waals surface area (Å²) in [5.74, 6) is 0. The van der Waals surface area contributed by atoms with Crippen molar-refractivity contribution >= 4 is 10.8 Å². The SMILES string of the molecule is NC(c1ccc2ccccc2c1)C1(O)CCCCC1. The molecule has 1 aliphatic carbocycles. The van der Waals surface area contributed by atoms with Crippen molar-refractivity contribution in [2.75, 3.05) is 0 Å². The third kappa shape index (κ3) is 2.38. The number of benzene rings is 2. The molecular formula is C17H21NO. The molecule has 3 rings (SSSR count). The van der Waals surface area contributed by atoms with E-state index in [0.29, 0.717) is 0 Å². The predicted octanol–water partition coefficient (Wildman–Crippen LogP) is 3.53. The van der Waals surface area contributed by atoms with E-state index >= 15 is 0 Å². The Morgan fingerprint density at radius 3 is 2.37 bits per heavy atom. The lowest BCUT2D eigenvalue weighted by molar-refractivity contribution is -0.0202. The second-order valence-electron chi connectivity index (χ2n) is 5.75. The summed E-state index contributed by atoms with van der Waals surface area (Å²) in [5.41, 5.74) is 6.67. The number of hydrogen-bond acceptors (Lipinski definition) is 2. The summed E-state index contributed by atoms with van der Waals surface area (Å²) in [6, 6.07) is 14.3. The smallest absolute Gasteiger partial charge is 0.0839 e. The molecule has 0 aromatic heterocycles. The Morgan fingerprint density at radius 2 is 1.63 bits per heavy atom. The van der Waals surface area contributed by atoms with Crippen LogP contribution in [0.4, 0.5) is 0 Å². The first-order valence-electron chi connectivity index (χ1n) is 7.16. The van der Waals surface area contributed by atoms with E-state index < -0.39 is 5.60 Å². The summed E-state index contributed by atoms with van der Waals surface area (Å²) in [7, 11) is 0. The first kappa shape index (κ1) is 12.6. The fourth-order valence-corrected chi connectivity index (χ4v) is 3.19. The zero-order valence-electron chi connectivity index (χ0n) is 11.2. The van der Waals surface area contributed by atoms with Gasteiger partial charge in [0.05, 0.1) is 11.6 Å². The van der Waals surface area contributed by atoms with E-state index in [4.69, 9.17) is 5.73 Å². The molecule has 100 valence electrons. The Bertz CT molecular complexity index is 572. The molecule has 2 aromatic rings. The van der Waals surface area contributed by atoms with E-state index in [9.17, 15) is 5.11 Å². The summed E-state index contributed by atoms with van der Waals surface area (Å²) in [6.07, 6.45) is 5.02. The lowest BCUT2D eigenvalue weighted by Crippen LogP contribution is -2.42. The molecule has 0 heterocycles. The van der Waals surface area contributed by atoms with E-state index in [1.165, 1.54) is 17.2 Å². The van der Waals surface area contributed by atoms with Gasteiger partial charge in [-0.15, -0.1) is 0 Å². The van der Waals surface area contributed by atoms with Gasteiger partial charge in [0.2, 0.25) is 0 Å². The topological polar surface area (TPSA) is 46.2 Å². The number of hydrogen-bond donors (Lipinski definition) is 2. The normalized spacial score (nSPS) is 20.3. The van der Waals surface area contributed by atoms with Crippen LogP contribution in [0.2, 0.25) is 0 Å². The van der Waals surface area contributed by atoms with Crippen molar-refractivity contribution in [2.45, 2.75) is 43.7 Å². The fraction of sp³-hybridized carbons (Fsp3) is 0.412. The monoisotopic (exact) mass is 255 g/mol. The van der Waals surface area contributed by atoms with Crippen LogP contribution >= 0.6 is 0 Å². The summed E-state index contributed by atoms with van der Waals surface area (Å²) < 4.78 is 0. The Balaban J connectivity index is 1.94. The largest absolute Gasteiger partial charge is 0.388 e. The van der Waals surface area contributed by atoms with Gasteiger partial charge in [0.25, 0.3) is 0 Å². The van der Waals surface area contributed by atoms with Crippen molar-refractivity contribution in [2.24, 2.45) is 5.73 Å². The number of fused-ring (bicyclic) bond motifs is 1. The van der Waals surface area contributed by atoms with E-state index in [1.54, 1.807) is 0 Å². The molecule has 19 heavy (non-hydrogen) atoms. The highest BCUT2D eigenvalue weighted by molar-refractivity contribution is 5.83. The van der Waals surface area contributed by atoms with Gasteiger partial charge in [0.15, 0.2) is 0 Å². The van der Waals surface area contributed by atoms with E-state index in [2.05, 4.69) is 30.3 Å². The molecule has 0 bridgehead atoms. The molecule has 1 atom stereocenters. The molecule has 1 aliphatic rings. The van der Waals surface area contributed by atoms with E-state index in [1.807, 2.05) is 12.1 Å². The molecule has 0 spiro atoms. The molecule has 0 saturated heterocycles.